The van der Waals surface area contributed by atoms with Gasteiger partial charge in [-0.1, -0.05) is 0 Å². The van der Waals surface area contributed by atoms with E-state index in [1.54, 1.807) is 0 Å². The van der Waals surface area contributed by atoms with E-state index >= 15 is 0 Å². The molecule has 1 saturated carbocycles. The fraction of sp³-hybridized carbons (Fsp3) is 0.778. The van der Waals surface area contributed by atoms with Gasteiger partial charge in [-0.2, -0.15) is 0 Å². The van der Waals surface area contributed by atoms with Crippen LogP contribution in [0.2, 0.25) is 0 Å². The SMILES string of the molecule is O=CC1CCC2(CC1)CNC(=O)O2. The summed E-state index contributed by atoms with van der Waals surface area (Å²) in [6.07, 6.45) is 4.02. The van der Waals surface area contributed by atoms with Crippen molar-refractivity contribution in [3.63, 3.8) is 0 Å². The molecule has 2 fully saturated rings. The summed E-state index contributed by atoms with van der Waals surface area (Å²) in [5.41, 5.74) is -0.295. The van der Waals surface area contributed by atoms with Crippen LogP contribution in [-0.2, 0) is 9.53 Å². The van der Waals surface area contributed by atoms with Gasteiger partial charge in [0.2, 0.25) is 0 Å². The largest absolute Gasteiger partial charge is 0.441 e. The van der Waals surface area contributed by atoms with Crippen molar-refractivity contribution in [3.05, 3.63) is 0 Å². The molecular formula is C9H13NO3. The van der Waals surface area contributed by atoms with E-state index in [9.17, 15) is 9.59 Å². The molecule has 2 rings (SSSR count). The van der Waals surface area contributed by atoms with E-state index in [1.165, 1.54) is 0 Å². The van der Waals surface area contributed by atoms with Crippen LogP contribution in [0.5, 0.6) is 0 Å². The number of amides is 1. The van der Waals surface area contributed by atoms with Crippen LogP contribution in [0.4, 0.5) is 4.79 Å². The van der Waals surface area contributed by atoms with Crippen LogP contribution in [0.3, 0.4) is 0 Å². The molecule has 13 heavy (non-hydrogen) atoms. The zero-order valence-corrected chi connectivity index (χ0v) is 7.41. The smallest absolute Gasteiger partial charge is 0.407 e. The number of carbonyl (C=O) groups excluding carboxylic acids is 2. The van der Waals surface area contributed by atoms with E-state index in [2.05, 4.69) is 5.32 Å². The van der Waals surface area contributed by atoms with Crippen LogP contribution in [0.25, 0.3) is 0 Å². The van der Waals surface area contributed by atoms with E-state index in [1.807, 2.05) is 0 Å². The molecule has 1 N–H and O–H groups in total. The molecule has 4 heteroatoms. The molecule has 1 aliphatic heterocycles. The van der Waals surface area contributed by atoms with Crippen molar-refractivity contribution in [2.45, 2.75) is 31.3 Å². The Labute approximate surface area is 76.6 Å². The summed E-state index contributed by atoms with van der Waals surface area (Å²) in [5.74, 6) is 0.171. The normalized spacial score (nSPS) is 38.5. The predicted molar refractivity (Wildman–Crippen MR) is 45.2 cm³/mol. The van der Waals surface area contributed by atoms with Crippen molar-refractivity contribution in [3.8, 4) is 0 Å². The van der Waals surface area contributed by atoms with Crippen LogP contribution >= 0.6 is 0 Å². The number of ether oxygens (including phenoxy) is 1. The number of nitrogens with one attached hydrogen (secondary N) is 1. The first-order valence-electron chi connectivity index (χ1n) is 4.66. The fourth-order valence-corrected chi connectivity index (χ4v) is 2.08. The molecule has 72 valence electrons. The Morgan fingerprint density at radius 1 is 1.46 bits per heavy atom. The molecule has 1 heterocycles. The molecule has 0 radical (unpaired) electrons. The minimum atomic E-state index is -0.315. The Morgan fingerprint density at radius 2 is 2.15 bits per heavy atom. The van der Waals surface area contributed by atoms with Gasteiger partial charge in [0.05, 0.1) is 6.54 Å². The van der Waals surface area contributed by atoms with Gasteiger partial charge in [-0.05, 0) is 25.7 Å². The van der Waals surface area contributed by atoms with Gasteiger partial charge in [0, 0.05) is 5.92 Å². The Kier molecular flexibility index (Phi) is 1.98. The molecule has 1 spiro atoms. The topological polar surface area (TPSA) is 55.4 Å². The van der Waals surface area contributed by atoms with Gasteiger partial charge in [-0.25, -0.2) is 4.79 Å². The summed E-state index contributed by atoms with van der Waals surface area (Å²) in [5, 5.41) is 2.66. The van der Waals surface area contributed by atoms with Crippen molar-refractivity contribution in [2.24, 2.45) is 5.92 Å². The Bertz CT molecular complexity index is 231. The number of hydrogen-bond donors (Lipinski definition) is 1. The maximum Gasteiger partial charge on any atom is 0.407 e. The van der Waals surface area contributed by atoms with Crippen molar-refractivity contribution in [1.82, 2.24) is 5.32 Å². The Balaban J connectivity index is 1.97. The van der Waals surface area contributed by atoms with E-state index < -0.39 is 0 Å². The first-order valence-corrected chi connectivity index (χ1v) is 4.66. The van der Waals surface area contributed by atoms with Crippen LogP contribution in [0.1, 0.15) is 25.7 Å². The van der Waals surface area contributed by atoms with Gasteiger partial charge in [0.25, 0.3) is 0 Å². The van der Waals surface area contributed by atoms with Crippen molar-refractivity contribution in [2.75, 3.05) is 6.54 Å². The lowest BCUT2D eigenvalue weighted by atomic mass is 9.79. The monoisotopic (exact) mass is 183 g/mol. The molecule has 0 aromatic rings. The average Bonchev–Trinajstić information content (AvgIpc) is 2.49. The summed E-state index contributed by atoms with van der Waals surface area (Å²) in [6.45, 7) is 0.609. The highest BCUT2D eigenvalue weighted by Gasteiger charge is 2.42. The molecule has 0 unspecified atom stereocenters. The molecule has 1 saturated heterocycles. The van der Waals surface area contributed by atoms with Gasteiger partial charge in [0.15, 0.2) is 0 Å². The number of rotatable bonds is 1. The second-order valence-corrected chi connectivity index (χ2v) is 3.90. The Hall–Kier alpha value is -1.06. The molecule has 1 amide bonds. The van der Waals surface area contributed by atoms with Gasteiger partial charge in [0.1, 0.15) is 11.9 Å². The Morgan fingerprint density at radius 3 is 2.62 bits per heavy atom. The lowest BCUT2D eigenvalue weighted by Gasteiger charge is -2.32. The zero-order chi connectivity index (χ0) is 9.31. The maximum atomic E-state index is 10.9. The molecule has 2 aliphatic rings. The van der Waals surface area contributed by atoms with E-state index in [0.29, 0.717) is 6.54 Å². The number of aldehydes is 1. The quantitative estimate of drug-likeness (QED) is 0.613. The summed E-state index contributed by atoms with van der Waals surface area (Å²) in [4.78, 5) is 21.4. The lowest BCUT2D eigenvalue weighted by molar-refractivity contribution is -0.113. The minimum Gasteiger partial charge on any atom is -0.441 e. The minimum absolute atomic E-state index is 0.171. The molecule has 0 bridgehead atoms. The van der Waals surface area contributed by atoms with Crippen molar-refractivity contribution < 1.29 is 14.3 Å². The van der Waals surface area contributed by atoms with E-state index in [-0.39, 0.29) is 17.6 Å². The van der Waals surface area contributed by atoms with Gasteiger partial charge >= 0.3 is 6.09 Å². The average molecular weight is 183 g/mol. The van der Waals surface area contributed by atoms with Crippen molar-refractivity contribution in [1.29, 1.82) is 0 Å². The molecular weight excluding hydrogens is 170 g/mol. The summed E-state index contributed by atoms with van der Waals surface area (Å²) >= 11 is 0. The zero-order valence-electron chi connectivity index (χ0n) is 7.41. The third kappa shape index (κ3) is 1.53. The predicted octanol–water partition coefficient (Wildman–Crippen LogP) is 0.854. The standard InChI is InChI=1S/C9H13NO3/c11-5-7-1-3-9(4-2-7)6-10-8(12)13-9/h5,7H,1-4,6H2,(H,10,12). The lowest BCUT2D eigenvalue weighted by Crippen LogP contribution is -2.37. The second-order valence-electron chi connectivity index (χ2n) is 3.90. The van der Waals surface area contributed by atoms with E-state index in [0.717, 1.165) is 32.0 Å². The molecule has 4 nitrogen and oxygen atoms in total. The first kappa shape index (κ1) is 8.53. The highest BCUT2D eigenvalue weighted by Crippen LogP contribution is 2.35. The first-order chi connectivity index (χ1) is 6.24. The highest BCUT2D eigenvalue weighted by atomic mass is 16.6. The van der Waals surface area contributed by atoms with Crippen LogP contribution in [0.15, 0.2) is 0 Å². The van der Waals surface area contributed by atoms with Gasteiger partial charge in [-0.3, -0.25) is 0 Å². The van der Waals surface area contributed by atoms with E-state index in [4.69, 9.17) is 4.74 Å². The summed E-state index contributed by atoms with van der Waals surface area (Å²) in [7, 11) is 0. The second kappa shape index (κ2) is 3.01. The van der Waals surface area contributed by atoms with Gasteiger partial charge < -0.3 is 14.8 Å². The van der Waals surface area contributed by atoms with Crippen LogP contribution in [0, 0.1) is 5.92 Å². The molecule has 0 aromatic carbocycles. The van der Waals surface area contributed by atoms with Crippen LogP contribution < -0.4 is 5.32 Å². The fourth-order valence-electron chi connectivity index (χ4n) is 2.08. The highest BCUT2D eigenvalue weighted by molar-refractivity contribution is 5.70. The molecule has 0 aromatic heterocycles. The maximum absolute atomic E-state index is 10.9. The molecule has 1 aliphatic carbocycles. The molecule has 0 atom stereocenters. The summed E-state index contributed by atoms with van der Waals surface area (Å²) in [6, 6.07) is 0. The van der Waals surface area contributed by atoms with Gasteiger partial charge in [-0.15, -0.1) is 0 Å². The number of hydrogen-bond acceptors (Lipinski definition) is 3. The number of alkyl carbamates (subject to hydrolysis) is 1. The third-order valence-corrected chi connectivity index (χ3v) is 3.00. The number of carbonyl (C=O) groups is 2. The van der Waals surface area contributed by atoms with Crippen molar-refractivity contribution >= 4 is 12.4 Å². The third-order valence-electron chi connectivity index (χ3n) is 3.00. The summed E-state index contributed by atoms with van der Waals surface area (Å²) < 4.78 is 5.22. The van der Waals surface area contributed by atoms with Crippen LogP contribution in [-0.4, -0.2) is 24.5 Å².